The predicted octanol–water partition coefficient (Wildman–Crippen LogP) is 3.17. The number of aliphatic imine (C=N–C) groups is 1. The second-order valence-electron chi connectivity index (χ2n) is 6.68. The molecule has 0 heterocycles. The molecule has 29 heavy (non-hydrogen) atoms. The maximum atomic E-state index is 12.6. The number of ether oxygens (including phenoxy) is 1. The van der Waals surface area contributed by atoms with Crippen molar-refractivity contribution < 1.29 is 14.3 Å². The van der Waals surface area contributed by atoms with Gasteiger partial charge in [0.2, 0.25) is 5.91 Å². The molecule has 0 aromatic heterocycles. The Morgan fingerprint density at radius 1 is 1.03 bits per heavy atom. The van der Waals surface area contributed by atoms with Gasteiger partial charge in [-0.1, -0.05) is 19.1 Å². The van der Waals surface area contributed by atoms with Crippen LogP contribution in [0.4, 0.5) is 5.69 Å². The summed E-state index contributed by atoms with van der Waals surface area (Å²) in [5.41, 5.74) is 12.5. The Kier molecular flexibility index (Phi) is 7.77. The minimum absolute atomic E-state index is 0.0510. The average molecular weight is 396 g/mol. The number of guanidine groups is 1. The molecule has 0 bridgehead atoms. The Balaban J connectivity index is 2.03. The summed E-state index contributed by atoms with van der Waals surface area (Å²) in [4.78, 5) is 30.7. The lowest BCUT2D eigenvalue weighted by Crippen LogP contribution is -2.34. The normalized spacial score (nSPS) is 11.4. The number of nitrogens with zero attached hydrogens (tertiary/aromatic N) is 2. The highest BCUT2D eigenvalue weighted by atomic mass is 16.5. The number of carbonyl (C=O) groups excluding carboxylic acids is 2. The van der Waals surface area contributed by atoms with E-state index in [0.717, 1.165) is 18.5 Å². The molecule has 2 aromatic carbocycles. The van der Waals surface area contributed by atoms with Crippen LogP contribution in [-0.4, -0.2) is 35.8 Å². The highest BCUT2D eigenvalue weighted by Crippen LogP contribution is 2.22. The van der Waals surface area contributed by atoms with E-state index in [-0.39, 0.29) is 17.8 Å². The van der Waals surface area contributed by atoms with Crippen molar-refractivity contribution in [2.45, 2.75) is 33.1 Å². The number of esters is 1. The fraction of sp³-hybridized carbons (Fsp3) is 0.318. The lowest BCUT2D eigenvalue weighted by Gasteiger charge is -2.24. The largest absolute Gasteiger partial charge is 0.423 e. The number of amides is 1. The quantitative estimate of drug-likeness (QED) is 0.308. The molecule has 0 fully saturated rings. The van der Waals surface area contributed by atoms with Gasteiger partial charge in [-0.3, -0.25) is 4.79 Å². The molecular weight excluding hydrogens is 368 g/mol. The van der Waals surface area contributed by atoms with Gasteiger partial charge in [0.05, 0.1) is 17.2 Å². The third-order valence-corrected chi connectivity index (χ3v) is 4.51. The minimum Gasteiger partial charge on any atom is -0.423 e. The van der Waals surface area contributed by atoms with E-state index in [1.54, 1.807) is 36.4 Å². The number of benzene rings is 2. The van der Waals surface area contributed by atoms with E-state index in [1.165, 1.54) is 0 Å². The van der Waals surface area contributed by atoms with E-state index in [2.05, 4.69) is 11.9 Å². The van der Waals surface area contributed by atoms with E-state index in [9.17, 15) is 9.59 Å². The van der Waals surface area contributed by atoms with Crippen LogP contribution in [0.5, 0.6) is 5.75 Å². The van der Waals surface area contributed by atoms with Crippen LogP contribution in [0.2, 0.25) is 0 Å². The van der Waals surface area contributed by atoms with Crippen molar-refractivity contribution in [2.24, 2.45) is 16.5 Å². The molecule has 0 aliphatic heterocycles. The predicted molar refractivity (Wildman–Crippen MR) is 114 cm³/mol. The average Bonchev–Trinajstić information content (AvgIpc) is 2.71. The van der Waals surface area contributed by atoms with Gasteiger partial charge in [-0.15, -0.1) is 0 Å². The molecule has 0 aliphatic carbocycles. The van der Waals surface area contributed by atoms with Crippen molar-refractivity contribution in [1.29, 1.82) is 0 Å². The van der Waals surface area contributed by atoms with Crippen LogP contribution in [-0.2, 0) is 4.79 Å². The van der Waals surface area contributed by atoms with E-state index in [0.29, 0.717) is 23.5 Å². The molecule has 0 saturated carbocycles. The summed E-state index contributed by atoms with van der Waals surface area (Å²) in [7, 11) is 0. The summed E-state index contributed by atoms with van der Waals surface area (Å²) >= 11 is 0. The Labute approximate surface area is 171 Å². The molecule has 1 amide bonds. The lowest BCUT2D eigenvalue weighted by atomic mass is 9.99. The molecular formula is C22H28N4O3. The molecule has 2 rings (SSSR count). The Morgan fingerprint density at radius 3 is 2.17 bits per heavy atom. The molecule has 0 aliphatic rings. The number of likely N-dealkylation sites (N-methyl/N-ethyl adjacent to an activating group) is 1. The molecule has 0 saturated heterocycles. The van der Waals surface area contributed by atoms with Crippen LogP contribution in [0.1, 0.15) is 49.0 Å². The second-order valence-corrected chi connectivity index (χ2v) is 6.68. The third kappa shape index (κ3) is 6.07. The fourth-order valence-electron chi connectivity index (χ4n) is 2.92. The zero-order valence-electron chi connectivity index (χ0n) is 17.1. The van der Waals surface area contributed by atoms with E-state index < -0.39 is 5.97 Å². The summed E-state index contributed by atoms with van der Waals surface area (Å²) in [6.45, 7) is 7.36. The van der Waals surface area contributed by atoms with Gasteiger partial charge in [-0.25, -0.2) is 9.79 Å². The van der Waals surface area contributed by atoms with E-state index in [1.807, 2.05) is 30.9 Å². The second kappa shape index (κ2) is 10.3. The monoisotopic (exact) mass is 396 g/mol. The van der Waals surface area contributed by atoms with Crippen molar-refractivity contribution in [3.8, 4) is 5.75 Å². The van der Waals surface area contributed by atoms with Gasteiger partial charge < -0.3 is 21.1 Å². The highest BCUT2D eigenvalue weighted by molar-refractivity contribution is 5.91. The highest BCUT2D eigenvalue weighted by Gasteiger charge is 2.20. The number of hydrogen-bond acceptors (Lipinski definition) is 4. The fourth-order valence-corrected chi connectivity index (χ4v) is 2.92. The van der Waals surface area contributed by atoms with E-state index >= 15 is 0 Å². The number of nitrogens with two attached hydrogens (primary N) is 2. The van der Waals surface area contributed by atoms with Gasteiger partial charge >= 0.3 is 5.97 Å². The first-order chi connectivity index (χ1) is 13.8. The summed E-state index contributed by atoms with van der Waals surface area (Å²) in [6.07, 6.45) is 0.925. The lowest BCUT2D eigenvalue weighted by molar-refractivity contribution is -0.132. The maximum Gasteiger partial charge on any atom is 0.343 e. The van der Waals surface area contributed by atoms with Gasteiger partial charge in [0.15, 0.2) is 5.96 Å². The van der Waals surface area contributed by atoms with Crippen LogP contribution in [0.15, 0.2) is 53.5 Å². The molecule has 0 radical (unpaired) electrons. The topological polar surface area (TPSA) is 111 Å². The molecule has 2 aromatic rings. The summed E-state index contributed by atoms with van der Waals surface area (Å²) in [6, 6.07) is 13.4. The molecule has 1 atom stereocenters. The zero-order valence-corrected chi connectivity index (χ0v) is 17.1. The first-order valence-electron chi connectivity index (χ1n) is 9.66. The number of hydrogen-bond donors (Lipinski definition) is 2. The van der Waals surface area contributed by atoms with Crippen LogP contribution in [0.25, 0.3) is 0 Å². The first kappa shape index (κ1) is 21.9. The van der Waals surface area contributed by atoms with Crippen molar-refractivity contribution in [2.75, 3.05) is 13.1 Å². The standard InChI is InChI=1S/C22H28N4O3/c1-4-14-26(5-2)20(27)15(3)16-8-12-19(13-9-16)29-21(28)17-6-10-18(11-7-17)25-22(23)24/h6-13,15H,4-5,14H2,1-3H3,(H4,23,24,25). The maximum absolute atomic E-state index is 12.6. The molecule has 7 nitrogen and oxygen atoms in total. The van der Waals surface area contributed by atoms with Gasteiger partial charge in [-0.05, 0) is 62.2 Å². The van der Waals surface area contributed by atoms with Crippen molar-refractivity contribution in [1.82, 2.24) is 4.90 Å². The van der Waals surface area contributed by atoms with Crippen LogP contribution in [0.3, 0.4) is 0 Å². The molecule has 154 valence electrons. The smallest absolute Gasteiger partial charge is 0.343 e. The summed E-state index contributed by atoms with van der Waals surface area (Å²) in [5.74, 6) is -0.287. The third-order valence-electron chi connectivity index (χ3n) is 4.51. The van der Waals surface area contributed by atoms with Crippen molar-refractivity contribution in [3.05, 3.63) is 59.7 Å². The molecule has 0 spiro atoms. The summed E-state index contributed by atoms with van der Waals surface area (Å²) in [5, 5.41) is 0. The molecule has 1 unspecified atom stereocenters. The van der Waals surface area contributed by atoms with Gasteiger partial charge in [0, 0.05) is 13.1 Å². The van der Waals surface area contributed by atoms with Crippen LogP contribution >= 0.6 is 0 Å². The SMILES string of the molecule is CCCN(CC)C(=O)C(C)c1ccc(OC(=O)c2ccc(N=C(N)N)cc2)cc1. The molecule has 4 N–H and O–H groups in total. The zero-order chi connectivity index (χ0) is 21.4. The van der Waals surface area contributed by atoms with Crippen molar-refractivity contribution in [3.63, 3.8) is 0 Å². The Hall–Kier alpha value is -3.35. The van der Waals surface area contributed by atoms with Crippen LogP contribution < -0.4 is 16.2 Å². The Bertz CT molecular complexity index is 857. The minimum atomic E-state index is -0.488. The molecule has 7 heteroatoms. The van der Waals surface area contributed by atoms with E-state index in [4.69, 9.17) is 16.2 Å². The van der Waals surface area contributed by atoms with Gasteiger partial charge in [0.25, 0.3) is 0 Å². The van der Waals surface area contributed by atoms with Crippen molar-refractivity contribution >= 4 is 23.5 Å². The first-order valence-corrected chi connectivity index (χ1v) is 9.66. The van der Waals surface area contributed by atoms with Gasteiger partial charge in [0.1, 0.15) is 5.75 Å². The summed E-state index contributed by atoms with van der Waals surface area (Å²) < 4.78 is 5.40. The number of rotatable bonds is 8. The Morgan fingerprint density at radius 2 is 1.66 bits per heavy atom. The number of carbonyl (C=O) groups is 2. The van der Waals surface area contributed by atoms with Crippen LogP contribution in [0, 0.1) is 0 Å². The van der Waals surface area contributed by atoms with Gasteiger partial charge in [-0.2, -0.15) is 0 Å².